The minimum absolute atomic E-state index is 0.133. The molecule has 36 heavy (non-hydrogen) atoms. The molecule has 0 aromatic heterocycles. The molecule has 2 aromatic rings. The lowest BCUT2D eigenvalue weighted by Crippen LogP contribution is -2.51. The summed E-state index contributed by atoms with van der Waals surface area (Å²) < 4.78 is 33.9. The summed E-state index contributed by atoms with van der Waals surface area (Å²) >= 11 is 0. The lowest BCUT2D eigenvalue weighted by atomic mass is 9.89. The number of carbonyl (C=O) groups is 2. The SMILES string of the molecule is CC(C)(O)C#Cc1ccc(C(=O)N2CCC3(CC2)O[C@@H]2CC[C@@H](c4cc(F)cc(F)c4)N2C3=O)cc1. The van der Waals surface area contributed by atoms with Gasteiger partial charge in [-0.1, -0.05) is 11.8 Å². The summed E-state index contributed by atoms with van der Waals surface area (Å²) in [6.45, 7) is 3.94. The van der Waals surface area contributed by atoms with Crippen LogP contribution in [0.4, 0.5) is 8.78 Å². The average Bonchev–Trinajstić information content (AvgIpc) is 3.35. The lowest BCUT2D eigenvalue weighted by molar-refractivity contribution is -0.142. The van der Waals surface area contributed by atoms with Gasteiger partial charge in [-0.15, -0.1) is 0 Å². The average molecular weight is 495 g/mol. The summed E-state index contributed by atoms with van der Waals surface area (Å²) in [6, 6.07) is 9.84. The van der Waals surface area contributed by atoms with Crippen LogP contribution < -0.4 is 0 Å². The number of nitrogens with zero attached hydrogens (tertiary/aromatic N) is 2. The molecule has 5 rings (SSSR count). The summed E-state index contributed by atoms with van der Waals surface area (Å²) in [5.41, 5.74) is -0.451. The highest BCUT2D eigenvalue weighted by atomic mass is 19.1. The van der Waals surface area contributed by atoms with E-state index in [-0.39, 0.29) is 11.8 Å². The maximum atomic E-state index is 13.8. The van der Waals surface area contributed by atoms with E-state index in [0.29, 0.717) is 55.5 Å². The Bertz CT molecular complexity index is 1230. The van der Waals surface area contributed by atoms with Gasteiger partial charge in [0.1, 0.15) is 23.5 Å². The van der Waals surface area contributed by atoms with Crippen LogP contribution in [0.5, 0.6) is 0 Å². The van der Waals surface area contributed by atoms with Crippen molar-refractivity contribution < 1.29 is 28.2 Å². The van der Waals surface area contributed by atoms with Gasteiger partial charge in [-0.05, 0) is 68.7 Å². The molecule has 3 heterocycles. The Morgan fingerprint density at radius 3 is 2.33 bits per heavy atom. The highest BCUT2D eigenvalue weighted by Gasteiger charge is 2.58. The van der Waals surface area contributed by atoms with E-state index in [1.54, 1.807) is 47.9 Å². The van der Waals surface area contributed by atoms with Crippen LogP contribution >= 0.6 is 0 Å². The Hall–Kier alpha value is -3.28. The molecule has 6 nitrogen and oxygen atoms in total. The van der Waals surface area contributed by atoms with Gasteiger partial charge in [-0.25, -0.2) is 8.78 Å². The first kappa shape index (κ1) is 24.4. The van der Waals surface area contributed by atoms with Gasteiger partial charge >= 0.3 is 0 Å². The molecule has 3 fully saturated rings. The van der Waals surface area contributed by atoms with Gasteiger partial charge in [-0.3, -0.25) is 9.59 Å². The number of aliphatic hydroxyl groups is 1. The first-order valence-electron chi connectivity index (χ1n) is 12.2. The summed E-state index contributed by atoms with van der Waals surface area (Å²) in [5.74, 6) is 3.99. The van der Waals surface area contributed by atoms with E-state index in [2.05, 4.69) is 11.8 Å². The van der Waals surface area contributed by atoms with Gasteiger partial charge < -0.3 is 19.6 Å². The number of hydrogen-bond donors (Lipinski definition) is 1. The summed E-state index contributed by atoms with van der Waals surface area (Å²) in [7, 11) is 0. The number of ether oxygens (including phenoxy) is 1. The molecule has 0 saturated carbocycles. The first-order valence-corrected chi connectivity index (χ1v) is 12.2. The van der Waals surface area contributed by atoms with Crippen LogP contribution in [-0.4, -0.2) is 57.2 Å². The van der Waals surface area contributed by atoms with Crippen molar-refractivity contribution in [2.75, 3.05) is 13.1 Å². The third-order valence-electron chi connectivity index (χ3n) is 7.09. The highest BCUT2D eigenvalue weighted by molar-refractivity contribution is 5.95. The minimum Gasteiger partial charge on any atom is -0.378 e. The topological polar surface area (TPSA) is 70.1 Å². The van der Waals surface area contributed by atoms with Crippen molar-refractivity contribution in [3.8, 4) is 11.8 Å². The summed E-state index contributed by atoms with van der Waals surface area (Å²) in [5, 5.41) is 9.74. The second-order valence-electron chi connectivity index (χ2n) is 10.3. The Morgan fingerprint density at radius 1 is 1.08 bits per heavy atom. The van der Waals surface area contributed by atoms with Gasteiger partial charge in [0.2, 0.25) is 0 Å². The van der Waals surface area contributed by atoms with Crippen molar-refractivity contribution in [3.63, 3.8) is 0 Å². The second kappa shape index (κ2) is 8.99. The predicted molar refractivity (Wildman–Crippen MR) is 128 cm³/mol. The molecule has 2 amide bonds. The molecule has 188 valence electrons. The number of halogens is 2. The zero-order valence-corrected chi connectivity index (χ0v) is 20.3. The fourth-order valence-corrected chi connectivity index (χ4v) is 5.31. The van der Waals surface area contributed by atoms with E-state index in [1.165, 1.54) is 12.1 Å². The zero-order chi connectivity index (χ0) is 25.7. The van der Waals surface area contributed by atoms with Crippen molar-refractivity contribution in [2.45, 2.75) is 63.0 Å². The summed E-state index contributed by atoms with van der Waals surface area (Å²) in [4.78, 5) is 29.9. The zero-order valence-electron chi connectivity index (χ0n) is 20.3. The Balaban J connectivity index is 1.25. The van der Waals surface area contributed by atoms with E-state index in [1.807, 2.05) is 0 Å². The van der Waals surface area contributed by atoms with E-state index >= 15 is 0 Å². The van der Waals surface area contributed by atoms with Crippen molar-refractivity contribution in [1.82, 2.24) is 9.80 Å². The Morgan fingerprint density at radius 2 is 1.72 bits per heavy atom. The van der Waals surface area contributed by atoms with E-state index < -0.39 is 35.1 Å². The molecule has 0 aliphatic carbocycles. The van der Waals surface area contributed by atoms with E-state index in [0.717, 1.165) is 6.07 Å². The molecule has 8 heteroatoms. The van der Waals surface area contributed by atoms with Crippen LogP contribution in [-0.2, 0) is 9.53 Å². The number of rotatable bonds is 2. The molecule has 3 saturated heterocycles. The van der Waals surface area contributed by atoms with Crippen molar-refractivity contribution in [1.29, 1.82) is 0 Å². The van der Waals surface area contributed by atoms with Gasteiger partial charge in [0, 0.05) is 43.1 Å². The maximum Gasteiger partial charge on any atom is 0.257 e. The number of piperidine rings is 1. The molecular formula is C28H28F2N2O4. The molecule has 3 aliphatic rings. The second-order valence-corrected chi connectivity index (χ2v) is 10.3. The van der Waals surface area contributed by atoms with Crippen molar-refractivity contribution >= 4 is 11.8 Å². The third-order valence-corrected chi connectivity index (χ3v) is 7.09. The maximum absolute atomic E-state index is 13.8. The molecule has 0 unspecified atom stereocenters. The highest BCUT2D eigenvalue weighted by Crippen LogP contribution is 2.47. The largest absolute Gasteiger partial charge is 0.378 e. The summed E-state index contributed by atoms with van der Waals surface area (Å²) in [6.07, 6.45) is 1.49. The normalized spacial score (nSPS) is 23.0. The Labute approximate surface area is 208 Å². The minimum atomic E-state index is -1.10. The molecule has 1 spiro atoms. The van der Waals surface area contributed by atoms with Crippen LogP contribution in [0.2, 0.25) is 0 Å². The fourth-order valence-electron chi connectivity index (χ4n) is 5.31. The van der Waals surface area contributed by atoms with Crippen LogP contribution in [0, 0.1) is 23.5 Å². The molecule has 2 aromatic carbocycles. The van der Waals surface area contributed by atoms with Crippen LogP contribution in [0.25, 0.3) is 0 Å². The first-order chi connectivity index (χ1) is 17.0. The smallest absolute Gasteiger partial charge is 0.257 e. The standard InChI is InChI=1S/C28H28F2N2O4/c1-27(2,35)10-9-18-3-5-19(6-4-18)25(33)31-13-11-28(12-14-31)26(34)32-23(7-8-24(32)36-28)20-15-21(29)17-22(30)16-20/h3-6,15-17,23-24,35H,7-8,11-14H2,1-2H3/t23-,24+/m0/s1. The van der Waals surface area contributed by atoms with E-state index in [9.17, 15) is 23.5 Å². The van der Waals surface area contributed by atoms with Crippen LogP contribution in [0.3, 0.4) is 0 Å². The number of likely N-dealkylation sites (tertiary alicyclic amines) is 1. The molecular weight excluding hydrogens is 466 g/mol. The number of hydrogen-bond acceptors (Lipinski definition) is 4. The predicted octanol–water partition coefficient (Wildman–Crippen LogP) is 3.78. The number of amides is 2. The quantitative estimate of drug-likeness (QED) is 0.646. The van der Waals surface area contributed by atoms with Gasteiger partial charge in [0.15, 0.2) is 5.60 Å². The number of benzene rings is 2. The molecule has 1 N–H and O–H groups in total. The van der Waals surface area contributed by atoms with E-state index in [4.69, 9.17) is 4.74 Å². The molecule has 0 bridgehead atoms. The van der Waals surface area contributed by atoms with Gasteiger partial charge in [0.25, 0.3) is 11.8 Å². The lowest BCUT2D eigenvalue weighted by Gasteiger charge is -2.37. The van der Waals surface area contributed by atoms with Gasteiger partial charge in [0.05, 0.1) is 6.04 Å². The fraction of sp³-hybridized carbons (Fsp3) is 0.429. The molecule has 2 atom stereocenters. The number of carbonyl (C=O) groups excluding carboxylic acids is 2. The Kier molecular flexibility index (Phi) is 6.09. The number of fused-ring (bicyclic) bond motifs is 1. The van der Waals surface area contributed by atoms with Crippen LogP contribution in [0.15, 0.2) is 42.5 Å². The van der Waals surface area contributed by atoms with Crippen LogP contribution in [0.1, 0.15) is 67.1 Å². The monoisotopic (exact) mass is 494 g/mol. The van der Waals surface area contributed by atoms with Crippen molar-refractivity contribution in [2.24, 2.45) is 0 Å². The molecule has 3 aliphatic heterocycles. The third kappa shape index (κ3) is 4.61. The van der Waals surface area contributed by atoms with Crippen molar-refractivity contribution in [3.05, 3.63) is 70.8 Å². The molecule has 0 radical (unpaired) electrons. The van der Waals surface area contributed by atoms with Gasteiger partial charge in [-0.2, -0.15) is 0 Å².